The summed E-state index contributed by atoms with van der Waals surface area (Å²) in [4.78, 5) is 26.2. The lowest BCUT2D eigenvalue weighted by atomic mass is 10.1. The van der Waals surface area contributed by atoms with Crippen molar-refractivity contribution in [2.24, 2.45) is 0 Å². The summed E-state index contributed by atoms with van der Waals surface area (Å²) in [5, 5.41) is 3.64. The van der Waals surface area contributed by atoms with E-state index in [0.717, 1.165) is 27.8 Å². The van der Waals surface area contributed by atoms with Crippen LogP contribution in [0.2, 0.25) is 0 Å². The Labute approximate surface area is 168 Å². The van der Waals surface area contributed by atoms with Crippen LogP contribution in [0.15, 0.2) is 60.4 Å². The van der Waals surface area contributed by atoms with E-state index < -0.39 is 17.8 Å². The first kappa shape index (κ1) is 18.9. The highest BCUT2D eigenvalue weighted by Crippen LogP contribution is 2.28. The van der Waals surface area contributed by atoms with Crippen LogP contribution in [0.1, 0.15) is 37.4 Å². The van der Waals surface area contributed by atoms with Crippen LogP contribution < -0.4 is 5.32 Å². The van der Waals surface area contributed by atoms with E-state index in [4.69, 9.17) is 0 Å². The van der Waals surface area contributed by atoms with Gasteiger partial charge in [-0.2, -0.15) is 0 Å². The fourth-order valence-corrected chi connectivity index (χ4v) is 3.58. The molecule has 3 aromatic rings. The minimum absolute atomic E-state index is 0.108. The predicted molar refractivity (Wildman–Crippen MR) is 110 cm³/mol. The molecule has 1 aliphatic heterocycles. The Bertz CT molecular complexity index is 1130. The van der Waals surface area contributed by atoms with Crippen molar-refractivity contribution >= 4 is 28.9 Å². The van der Waals surface area contributed by atoms with E-state index in [1.165, 1.54) is 6.07 Å². The maximum absolute atomic E-state index is 13.9. The standard InChI is InChI=1S/C23H22FN3O2/c1-3-15(2)26-14-17(18-9-5-7-11-21(18)26)12-20-22(28)27(23(29)25-20)13-16-8-4-6-10-19(16)24/h4-12,14-15H,3,13H2,1-2H3,(H,25,29)/b20-12+/t15-/m0/s1. The van der Waals surface area contributed by atoms with Gasteiger partial charge in [0.1, 0.15) is 11.5 Å². The Balaban J connectivity index is 1.68. The molecule has 0 aliphatic carbocycles. The van der Waals surface area contributed by atoms with Crippen molar-refractivity contribution in [2.75, 3.05) is 0 Å². The Kier molecular flexibility index (Phi) is 4.92. The molecular formula is C23H22FN3O2. The summed E-state index contributed by atoms with van der Waals surface area (Å²) in [5.41, 5.74) is 2.43. The largest absolute Gasteiger partial charge is 0.344 e. The lowest BCUT2D eigenvalue weighted by molar-refractivity contribution is -0.123. The van der Waals surface area contributed by atoms with E-state index in [-0.39, 0.29) is 12.2 Å². The van der Waals surface area contributed by atoms with E-state index in [9.17, 15) is 14.0 Å². The molecule has 0 radical (unpaired) electrons. The average Bonchev–Trinajstić information content (AvgIpc) is 3.22. The number of rotatable bonds is 5. The highest BCUT2D eigenvalue weighted by molar-refractivity contribution is 6.14. The van der Waals surface area contributed by atoms with Gasteiger partial charge in [-0.1, -0.05) is 43.3 Å². The van der Waals surface area contributed by atoms with Crippen LogP contribution >= 0.6 is 0 Å². The van der Waals surface area contributed by atoms with E-state index >= 15 is 0 Å². The second-order valence-electron chi connectivity index (χ2n) is 7.24. The highest BCUT2D eigenvalue weighted by atomic mass is 19.1. The number of aromatic nitrogens is 1. The Hall–Kier alpha value is -3.41. The fourth-order valence-electron chi connectivity index (χ4n) is 3.58. The molecule has 1 saturated heterocycles. The van der Waals surface area contributed by atoms with Gasteiger partial charge in [0.15, 0.2) is 0 Å². The molecule has 29 heavy (non-hydrogen) atoms. The number of hydrogen-bond acceptors (Lipinski definition) is 2. The molecule has 1 fully saturated rings. The lowest BCUT2D eigenvalue weighted by Gasteiger charge is -2.12. The maximum Gasteiger partial charge on any atom is 0.329 e. The summed E-state index contributed by atoms with van der Waals surface area (Å²) in [7, 11) is 0. The maximum atomic E-state index is 13.9. The predicted octanol–water partition coefficient (Wildman–Crippen LogP) is 4.84. The number of nitrogens with zero attached hydrogens (tertiary/aromatic N) is 2. The zero-order valence-corrected chi connectivity index (χ0v) is 16.4. The van der Waals surface area contributed by atoms with Gasteiger partial charge in [-0.25, -0.2) is 9.18 Å². The van der Waals surface area contributed by atoms with Gasteiger partial charge in [-0.3, -0.25) is 9.69 Å². The Morgan fingerprint density at radius 3 is 2.59 bits per heavy atom. The Morgan fingerprint density at radius 1 is 1.10 bits per heavy atom. The molecule has 4 rings (SSSR count). The molecule has 0 spiro atoms. The van der Waals surface area contributed by atoms with Crippen LogP contribution in [0.3, 0.4) is 0 Å². The van der Waals surface area contributed by atoms with Crippen molar-refractivity contribution in [1.82, 2.24) is 14.8 Å². The number of imide groups is 1. The van der Waals surface area contributed by atoms with Crippen LogP contribution in [-0.2, 0) is 11.3 Å². The minimum atomic E-state index is -0.546. The van der Waals surface area contributed by atoms with E-state index in [0.29, 0.717) is 11.6 Å². The highest BCUT2D eigenvalue weighted by Gasteiger charge is 2.34. The van der Waals surface area contributed by atoms with Crippen LogP contribution in [0.25, 0.3) is 17.0 Å². The topological polar surface area (TPSA) is 54.3 Å². The molecule has 6 heteroatoms. The smallest absolute Gasteiger partial charge is 0.329 e. The summed E-state index contributed by atoms with van der Waals surface area (Å²) in [6.45, 7) is 4.16. The molecule has 0 bridgehead atoms. The van der Waals surface area contributed by atoms with E-state index in [1.54, 1.807) is 24.3 Å². The van der Waals surface area contributed by atoms with E-state index in [2.05, 4.69) is 23.7 Å². The van der Waals surface area contributed by atoms with Crippen LogP contribution in [0.5, 0.6) is 0 Å². The molecule has 1 aliphatic rings. The number of nitrogens with one attached hydrogen (secondary N) is 1. The minimum Gasteiger partial charge on any atom is -0.344 e. The van der Waals surface area contributed by atoms with Gasteiger partial charge in [-0.15, -0.1) is 0 Å². The number of fused-ring (bicyclic) bond motifs is 1. The number of halogens is 1. The lowest BCUT2D eigenvalue weighted by Crippen LogP contribution is -2.30. The van der Waals surface area contributed by atoms with Gasteiger partial charge in [-0.05, 0) is 31.6 Å². The van der Waals surface area contributed by atoms with Crippen LogP contribution in [0.4, 0.5) is 9.18 Å². The van der Waals surface area contributed by atoms with Gasteiger partial charge < -0.3 is 9.88 Å². The van der Waals surface area contributed by atoms with Crippen LogP contribution in [0, 0.1) is 5.82 Å². The molecule has 0 unspecified atom stereocenters. The molecule has 2 aromatic carbocycles. The number of amides is 3. The zero-order valence-electron chi connectivity index (χ0n) is 16.4. The molecule has 5 nitrogen and oxygen atoms in total. The summed E-state index contributed by atoms with van der Waals surface area (Å²) in [5.74, 6) is -0.902. The third-order valence-electron chi connectivity index (χ3n) is 5.39. The van der Waals surface area contributed by atoms with Gasteiger partial charge in [0.05, 0.1) is 6.54 Å². The summed E-state index contributed by atoms with van der Waals surface area (Å²) >= 11 is 0. The second kappa shape index (κ2) is 7.54. The third-order valence-corrected chi connectivity index (χ3v) is 5.39. The van der Waals surface area contributed by atoms with Crippen molar-refractivity contribution in [3.05, 3.63) is 77.4 Å². The first-order valence-corrected chi connectivity index (χ1v) is 9.67. The van der Waals surface area contributed by atoms with Crippen molar-refractivity contribution in [3.8, 4) is 0 Å². The average molecular weight is 391 g/mol. The summed E-state index contributed by atoms with van der Waals surface area (Å²) < 4.78 is 16.1. The number of urea groups is 1. The fraction of sp³-hybridized carbons (Fsp3) is 0.217. The number of benzene rings is 2. The Morgan fingerprint density at radius 2 is 1.83 bits per heavy atom. The second-order valence-corrected chi connectivity index (χ2v) is 7.24. The summed E-state index contributed by atoms with van der Waals surface area (Å²) in [6, 6.07) is 13.9. The number of carbonyl (C=O) groups is 2. The quantitative estimate of drug-likeness (QED) is 0.500. The van der Waals surface area contributed by atoms with E-state index in [1.807, 2.05) is 30.5 Å². The molecule has 1 N–H and O–H groups in total. The van der Waals surface area contributed by atoms with Crippen molar-refractivity contribution in [3.63, 3.8) is 0 Å². The number of para-hydroxylation sites is 1. The summed E-state index contributed by atoms with van der Waals surface area (Å²) in [6.07, 6.45) is 4.67. The van der Waals surface area contributed by atoms with Crippen molar-refractivity contribution in [1.29, 1.82) is 0 Å². The zero-order chi connectivity index (χ0) is 20.5. The SMILES string of the molecule is CC[C@H](C)n1cc(/C=C2/NC(=O)N(Cc3ccccc3F)C2=O)c2ccccc21. The molecule has 1 atom stereocenters. The van der Waals surface area contributed by atoms with Gasteiger partial charge in [0.25, 0.3) is 5.91 Å². The number of hydrogen-bond donors (Lipinski definition) is 1. The molecule has 148 valence electrons. The molecule has 0 saturated carbocycles. The first-order chi connectivity index (χ1) is 14.0. The number of carbonyl (C=O) groups excluding carboxylic acids is 2. The van der Waals surface area contributed by atoms with Gasteiger partial charge in [0.2, 0.25) is 0 Å². The van der Waals surface area contributed by atoms with Crippen molar-refractivity contribution in [2.45, 2.75) is 32.9 Å². The van der Waals surface area contributed by atoms with Crippen LogP contribution in [-0.4, -0.2) is 21.4 Å². The molecule has 3 amide bonds. The monoisotopic (exact) mass is 391 g/mol. The van der Waals surface area contributed by atoms with Gasteiger partial charge >= 0.3 is 6.03 Å². The van der Waals surface area contributed by atoms with Gasteiger partial charge in [0, 0.05) is 34.3 Å². The van der Waals surface area contributed by atoms with Crippen molar-refractivity contribution < 1.29 is 14.0 Å². The first-order valence-electron chi connectivity index (χ1n) is 9.67. The normalized spacial score (nSPS) is 16.7. The third kappa shape index (κ3) is 3.42. The molecular weight excluding hydrogens is 369 g/mol. The molecule has 1 aromatic heterocycles. The molecule has 2 heterocycles.